The number of rotatable bonds is 7. The summed E-state index contributed by atoms with van der Waals surface area (Å²) in [6.45, 7) is 2.62. The summed E-state index contributed by atoms with van der Waals surface area (Å²) in [4.78, 5) is 39.3. The van der Waals surface area contributed by atoms with E-state index in [1.807, 2.05) is 49.4 Å². The molecule has 2 heterocycles. The Morgan fingerprint density at radius 2 is 1.89 bits per heavy atom. The lowest BCUT2D eigenvalue weighted by Gasteiger charge is -2.31. The molecular formula is C30H31NO7. The molecule has 0 unspecified atom stereocenters. The Morgan fingerprint density at radius 1 is 1.11 bits per heavy atom. The van der Waals surface area contributed by atoms with Crippen LogP contribution in [0.25, 0.3) is 6.08 Å². The van der Waals surface area contributed by atoms with E-state index in [0.29, 0.717) is 30.1 Å². The summed E-state index contributed by atoms with van der Waals surface area (Å²) >= 11 is 0. The molecule has 38 heavy (non-hydrogen) atoms. The van der Waals surface area contributed by atoms with E-state index in [1.54, 1.807) is 18.2 Å². The van der Waals surface area contributed by atoms with E-state index in [1.165, 1.54) is 0 Å². The van der Waals surface area contributed by atoms with Gasteiger partial charge in [0.25, 0.3) is 0 Å². The van der Waals surface area contributed by atoms with Crippen LogP contribution in [0.2, 0.25) is 0 Å². The van der Waals surface area contributed by atoms with Crippen LogP contribution in [0.5, 0.6) is 11.5 Å². The average Bonchev–Trinajstić information content (AvgIpc) is 3.44. The van der Waals surface area contributed by atoms with Crippen LogP contribution in [-0.2, 0) is 19.1 Å². The number of phenolic OH excluding ortho intramolecular Hbond substituents is 1. The van der Waals surface area contributed by atoms with Crippen LogP contribution in [0.15, 0.2) is 71.3 Å². The van der Waals surface area contributed by atoms with Crippen LogP contribution < -0.4 is 4.74 Å². The summed E-state index contributed by atoms with van der Waals surface area (Å²) in [7, 11) is 1.16. The highest BCUT2D eigenvalue weighted by Gasteiger charge is 2.59. The number of nitrogens with zero attached hydrogens (tertiary/aromatic N) is 1. The number of hydrogen-bond acceptors (Lipinski definition) is 7. The van der Waals surface area contributed by atoms with Crippen LogP contribution in [0.4, 0.5) is 4.79 Å². The van der Waals surface area contributed by atoms with Crippen molar-refractivity contribution >= 4 is 24.0 Å². The Kier molecular flexibility index (Phi) is 7.33. The molecular weight excluding hydrogens is 486 g/mol. The van der Waals surface area contributed by atoms with Gasteiger partial charge in [-0.25, -0.2) is 4.79 Å². The van der Waals surface area contributed by atoms with Gasteiger partial charge in [-0.2, -0.15) is 4.90 Å². The van der Waals surface area contributed by atoms with Crippen molar-refractivity contribution in [1.82, 2.24) is 4.90 Å². The van der Waals surface area contributed by atoms with Crippen molar-refractivity contribution in [2.75, 3.05) is 20.3 Å². The molecule has 8 nitrogen and oxygen atoms in total. The van der Waals surface area contributed by atoms with Gasteiger partial charge in [0.05, 0.1) is 31.7 Å². The van der Waals surface area contributed by atoms with E-state index < -0.39 is 29.7 Å². The van der Waals surface area contributed by atoms with Gasteiger partial charge in [-0.15, -0.1) is 0 Å². The minimum absolute atomic E-state index is 0.218. The van der Waals surface area contributed by atoms with Gasteiger partial charge in [0, 0.05) is 5.92 Å². The van der Waals surface area contributed by atoms with Gasteiger partial charge in [0.2, 0.25) is 11.8 Å². The minimum atomic E-state index is -0.943. The van der Waals surface area contributed by atoms with Crippen LogP contribution in [0.3, 0.4) is 0 Å². The topological polar surface area (TPSA) is 102 Å². The normalized spacial score (nSPS) is 24.9. The molecule has 0 aromatic heterocycles. The fourth-order valence-electron chi connectivity index (χ4n) is 5.89. The largest absolute Gasteiger partial charge is 0.508 e. The SMILES string of the molecule is COC(=O)N1C(=O)[C@@H]2[C@@H](CC(COc3ccccc3)=C3[C@@H](CC/C(C)=C/c4cccc(O)c4)OC[C@@H]32)C1=O. The maximum atomic E-state index is 13.2. The van der Waals surface area contributed by atoms with Gasteiger partial charge in [0.1, 0.15) is 18.1 Å². The van der Waals surface area contributed by atoms with Crippen molar-refractivity contribution in [1.29, 1.82) is 0 Å². The summed E-state index contributed by atoms with van der Waals surface area (Å²) in [5, 5.41) is 9.75. The number of benzene rings is 2. The van der Waals surface area contributed by atoms with E-state index in [2.05, 4.69) is 0 Å². The molecule has 1 aliphatic carbocycles. The van der Waals surface area contributed by atoms with Gasteiger partial charge >= 0.3 is 6.09 Å². The molecule has 1 N–H and O–H groups in total. The number of allylic oxidation sites excluding steroid dienone is 1. The number of ether oxygens (including phenoxy) is 3. The number of carbonyl (C=O) groups excluding carboxylic acids is 3. The van der Waals surface area contributed by atoms with Crippen molar-refractivity contribution in [3.05, 3.63) is 76.9 Å². The standard InChI is InChI=1S/C30H31NO7/c1-18(13-19-7-6-8-21(32)14-19)11-12-25-26-20(16-37-22-9-4-3-5-10-22)15-23-27(24(26)17-38-25)29(34)31(28(23)33)30(35)36-2/h3-10,13-14,23-25,27,32H,11-12,15-17H2,1-2H3/b18-13+/t23-,24+,25-,27-/m1/s1. The van der Waals surface area contributed by atoms with Gasteiger partial charge in [-0.1, -0.05) is 42.0 Å². The second kappa shape index (κ2) is 10.8. The number of para-hydroxylation sites is 1. The highest BCUT2D eigenvalue weighted by molar-refractivity contribution is 6.16. The third-order valence-electron chi connectivity index (χ3n) is 7.61. The lowest BCUT2D eigenvalue weighted by Crippen LogP contribution is -2.38. The Balaban J connectivity index is 1.40. The number of methoxy groups -OCH3 is 1. The smallest absolute Gasteiger partial charge is 0.423 e. The first kappa shape index (κ1) is 25.7. The highest BCUT2D eigenvalue weighted by atomic mass is 16.5. The first-order chi connectivity index (χ1) is 18.4. The molecule has 3 amide bonds. The van der Waals surface area contributed by atoms with Crippen LogP contribution in [0.1, 0.15) is 31.7 Å². The van der Waals surface area contributed by atoms with Crippen molar-refractivity contribution in [2.45, 2.75) is 32.3 Å². The molecule has 0 bridgehead atoms. The van der Waals surface area contributed by atoms with E-state index in [4.69, 9.17) is 14.2 Å². The van der Waals surface area contributed by atoms with Crippen molar-refractivity contribution in [3.63, 3.8) is 0 Å². The molecule has 4 atom stereocenters. The van der Waals surface area contributed by atoms with E-state index in [-0.39, 0.29) is 24.4 Å². The fraction of sp³-hybridized carbons (Fsp3) is 0.367. The van der Waals surface area contributed by atoms with Gasteiger partial charge in [-0.05, 0) is 67.2 Å². The summed E-state index contributed by atoms with van der Waals surface area (Å²) in [6.07, 6.45) is 2.64. The van der Waals surface area contributed by atoms with Gasteiger partial charge < -0.3 is 19.3 Å². The van der Waals surface area contributed by atoms with Gasteiger partial charge in [0.15, 0.2) is 0 Å². The molecule has 2 aliphatic heterocycles. The summed E-state index contributed by atoms with van der Waals surface area (Å²) in [5.41, 5.74) is 4.01. The summed E-state index contributed by atoms with van der Waals surface area (Å²) < 4.78 is 17.0. The summed E-state index contributed by atoms with van der Waals surface area (Å²) in [6, 6.07) is 16.5. The van der Waals surface area contributed by atoms with E-state index in [0.717, 1.165) is 35.8 Å². The number of aromatic hydroxyl groups is 1. The molecule has 5 rings (SSSR count). The fourth-order valence-corrected chi connectivity index (χ4v) is 5.89. The molecule has 0 radical (unpaired) electrons. The number of hydrogen-bond donors (Lipinski definition) is 1. The highest BCUT2D eigenvalue weighted by Crippen LogP contribution is 2.50. The molecule has 8 heteroatoms. The molecule has 0 spiro atoms. The third-order valence-corrected chi connectivity index (χ3v) is 7.61. The zero-order chi connectivity index (χ0) is 26.8. The Bertz CT molecular complexity index is 1300. The summed E-state index contributed by atoms with van der Waals surface area (Å²) in [5.74, 6) is -1.68. The Morgan fingerprint density at radius 3 is 2.63 bits per heavy atom. The van der Waals surface area contributed by atoms with E-state index in [9.17, 15) is 19.5 Å². The van der Waals surface area contributed by atoms with Crippen LogP contribution in [0, 0.1) is 17.8 Å². The quantitative estimate of drug-likeness (QED) is 0.418. The first-order valence-corrected chi connectivity index (χ1v) is 12.8. The Labute approximate surface area is 221 Å². The van der Waals surface area contributed by atoms with Crippen LogP contribution in [-0.4, -0.2) is 54.3 Å². The average molecular weight is 518 g/mol. The number of carbonyl (C=O) groups is 3. The zero-order valence-electron chi connectivity index (χ0n) is 21.5. The molecule has 2 aromatic rings. The maximum absolute atomic E-state index is 13.2. The lowest BCUT2D eigenvalue weighted by atomic mass is 9.69. The lowest BCUT2D eigenvalue weighted by molar-refractivity contribution is -0.137. The van der Waals surface area contributed by atoms with Gasteiger partial charge in [-0.3, -0.25) is 9.59 Å². The minimum Gasteiger partial charge on any atom is -0.508 e. The third kappa shape index (κ3) is 4.96. The number of phenols is 1. The second-order valence-corrected chi connectivity index (χ2v) is 10.0. The molecule has 2 fully saturated rings. The maximum Gasteiger partial charge on any atom is 0.423 e. The van der Waals surface area contributed by atoms with Crippen molar-refractivity contribution in [3.8, 4) is 11.5 Å². The first-order valence-electron chi connectivity index (χ1n) is 12.8. The second-order valence-electron chi connectivity index (χ2n) is 10.0. The molecule has 3 aliphatic rings. The number of amides is 3. The molecule has 2 saturated heterocycles. The van der Waals surface area contributed by atoms with Crippen molar-refractivity contribution < 1.29 is 33.7 Å². The van der Waals surface area contributed by atoms with Crippen LogP contribution >= 0.6 is 0 Å². The van der Waals surface area contributed by atoms with E-state index >= 15 is 0 Å². The van der Waals surface area contributed by atoms with Crippen molar-refractivity contribution in [2.24, 2.45) is 17.8 Å². The Hall–Kier alpha value is -3.91. The molecule has 198 valence electrons. The molecule has 2 aromatic carbocycles. The zero-order valence-corrected chi connectivity index (χ0v) is 21.5. The molecule has 0 saturated carbocycles. The predicted molar refractivity (Wildman–Crippen MR) is 139 cm³/mol. The predicted octanol–water partition coefficient (Wildman–Crippen LogP) is 4.74. The number of fused-ring (bicyclic) bond motifs is 3. The monoisotopic (exact) mass is 517 g/mol. The number of likely N-dealkylation sites (tertiary alicyclic amines) is 1. The number of imide groups is 3.